The van der Waals surface area contributed by atoms with E-state index in [9.17, 15) is 0 Å². The van der Waals surface area contributed by atoms with Crippen LogP contribution in [-0.2, 0) is 0 Å². The Bertz CT molecular complexity index is 165. The number of nitrogens with one attached hydrogen (secondary N) is 1. The molecule has 1 saturated carbocycles. The van der Waals surface area contributed by atoms with Crippen molar-refractivity contribution in [1.82, 2.24) is 5.32 Å². The first-order valence-corrected chi connectivity index (χ1v) is 6.89. The molecule has 0 spiro atoms. The lowest BCUT2D eigenvalue weighted by molar-refractivity contribution is 0.131. The normalized spacial score (nSPS) is 32.2. The van der Waals surface area contributed by atoms with E-state index in [1.165, 1.54) is 32.2 Å². The predicted octanol–water partition coefficient (Wildman–Crippen LogP) is 3.69. The molecule has 0 bridgehead atoms. The molecule has 1 nitrogen and oxygen atoms in total. The molecule has 1 rings (SSSR count). The molecule has 0 amide bonds. The van der Waals surface area contributed by atoms with Crippen LogP contribution in [0.2, 0.25) is 0 Å². The molecule has 0 saturated heterocycles. The maximum Gasteiger partial charge on any atom is -0.00179 e. The van der Waals surface area contributed by atoms with Gasteiger partial charge in [-0.15, -0.1) is 0 Å². The zero-order valence-electron chi connectivity index (χ0n) is 11.1. The summed E-state index contributed by atoms with van der Waals surface area (Å²) in [5.74, 6) is 3.77. The van der Waals surface area contributed by atoms with Gasteiger partial charge < -0.3 is 5.32 Å². The topological polar surface area (TPSA) is 12.0 Å². The molecule has 0 aliphatic heterocycles. The van der Waals surface area contributed by atoms with Crippen LogP contribution in [0.15, 0.2) is 0 Å². The van der Waals surface area contributed by atoms with Crippen molar-refractivity contribution in [2.45, 2.75) is 53.4 Å². The average molecular weight is 211 g/mol. The Morgan fingerprint density at radius 1 is 1.20 bits per heavy atom. The Morgan fingerprint density at radius 2 is 1.93 bits per heavy atom. The van der Waals surface area contributed by atoms with E-state index in [4.69, 9.17) is 0 Å². The lowest BCUT2D eigenvalue weighted by Crippen LogP contribution is -2.35. The molecule has 1 aliphatic rings. The molecular formula is C14H29N. The highest BCUT2D eigenvalue weighted by Gasteiger charge is 2.31. The van der Waals surface area contributed by atoms with Crippen LogP contribution in [0.1, 0.15) is 53.4 Å². The summed E-state index contributed by atoms with van der Waals surface area (Å²) >= 11 is 0. The summed E-state index contributed by atoms with van der Waals surface area (Å²) in [4.78, 5) is 0. The quantitative estimate of drug-likeness (QED) is 0.731. The molecule has 3 atom stereocenters. The van der Waals surface area contributed by atoms with Gasteiger partial charge in [-0.25, -0.2) is 0 Å². The van der Waals surface area contributed by atoms with Gasteiger partial charge in [-0.05, 0) is 49.6 Å². The second kappa shape index (κ2) is 6.52. The minimum absolute atomic E-state index is 0.864. The van der Waals surface area contributed by atoms with Gasteiger partial charge in [0.15, 0.2) is 0 Å². The van der Waals surface area contributed by atoms with Crippen molar-refractivity contribution in [3.63, 3.8) is 0 Å². The highest BCUT2D eigenvalue weighted by atomic mass is 14.8. The molecule has 1 heteroatoms. The van der Waals surface area contributed by atoms with Crippen molar-refractivity contribution in [3.05, 3.63) is 0 Å². The van der Waals surface area contributed by atoms with Crippen LogP contribution >= 0.6 is 0 Å². The van der Waals surface area contributed by atoms with Crippen LogP contribution in [-0.4, -0.2) is 13.1 Å². The predicted molar refractivity (Wildman–Crippen MR) is 68.0 cm³/mol. The number of rotatable bonds is 5. The van der Waals surface area contributed by atoms with Crippen LogP contribution in [0.5, 0.6) is 0 Å². The van der Waals surface area contributed by atoms with Crippen LogP contribution in [0, 0.1) is 23.7 Å². The molecule has 0 aromatic heterocycles. The maximum absolute atomic E-state index is 3.54. The molecule has 3 unspecified atom stereocenters. The van der Waals surface area contributed by atoms with Crippen molar-refractivity contribution in [2.75, 3.05) is 13.1 Å². The van der Waals surface area contributed by atoms with Crippen molar-refractivity contribution >= 4 is 0 Å². The first-order valence-electron chi connectivity index (χ1n) is 6.89. The molecule has 15 heavy (non-hydrogen) atoms. The molecule has 0 heterocycles. The van der Waals surface area contributed by atoms with Gasteiger partial charge in [0.1, 0.15) is 0 Å². The van der Waals surface area contributed by atoms with Gasteiger partial charge in [-0.3, -0.25) is 0 Å². The number of hydrogen-bond acceptors (Lipinski definition) is 1. The maximum atomic E-state index is 3.54. The van der Waals surface area contributed by atoms with Gasteiger partial charge in [-0.1, -0.05) is 40.5 Å². The zero-order chi connectivity index (χ0) is 11.3. The minimum Gasteiger partial charge on any atom is -0.317 e. The minimum atomic E-state index is 0.864. The van der Waals surface area contributed by atoms with E-state index in [2.05, 4.69) is 33.0 Å². The highest BCUT2D eigenvalue weighted by molar-refractivity contribution is 4.82. The van der Waals surface area contributed by atoms with Gasteiger partial charge in [0, 0.05) is 0 Å². The van der Waals surface area contributed by atoms with E-state index in [-0.39, 0.29) is 0 Å². The van der Waals surface area contributed by atoms with Crippen LogP contribution in [0.4, 0.5) is 0 Å². The van der Waals surface area contributed by atoms with Crippen LogP contribution < -0.4 is 5.32 Å². The zero-order valence-corrected chi connectivity index (χ0v) is 11.1. The fraction of sp³-hybridized carbons (Fsp3) is 1.00. The average Bonchev–Trinajstić information content (AvgIpc) is 2.26. The van der Waals surface area contributed by atoms with Crippen LogP contribution in [0.3, 0.4) is 0 Å². The summed E-state index contributed by atoms with van der Waals surface area (Å²) in [6.45, 7) is 11.7. The van der Waals surface area contributed by atoms with Gasteiger partial charge in [0.25, 0.3) is 0 Å². The Labute approximate surface area is 96.0 Å². The van der Waals surface area contributed by atoms with E-state index >= 15 is 0 Å². The standard InChI is InChI=1S/C14H29N/c1-5-12-7-8-13(10-15-6-2)14(9-12)11(3)4/h11-15H,5-10H2,1-4H3. The summed E-state index contributed by atoms with van der Waals surface area (Å²) in [6, 6.07) is 0. The summed E-state index contributed by atoms with van der Waals surface area (Å²) in [5.41, 5.74) is 0. The lowest BCUT2D eigenvalue weighted by Gasteiger charge is -2.38. The molecule has 90 valence electrons. The van der Waals surface area contributed by atoms with Gasteiger partial charge in [-0.2, -0.15) is 0 Å². The molecule has 0 aromatic rings. The number of hydrogen-bond donors (Lipinski definition) is 1. The second-order valence-corrected chi connectivity index (χ2v) is 5.56. The first kappa shape index (κ1) is 13.0. The molecule has 0 radical (unpaired) electrons. The second-order valence-electron chi connectivity index (χ2n) is 5.56. The third-order valence-corrected chi connectivity index (χ3v) is 4.25. The Morgan fingerprint density at radius 3 is 2.47 bits per heavy atom. The van der Waals surface area contributed by atoms with Crippen molar-refractivity contribution in [3.8, 4) is 0 Å². The van der Waals surface area contributed by atoms with Crippen LogP contribution in [0.25, 0.3) is 0 Å². The van der Waals surface area contributed by atoms with Crippen molar-refractivity contribution in [2.24, 2.45) is 23.7 Å². The smallest absolute Gasteiger partial charge is 0.00179 e. The molecule has 1 fully saturated rings. The van der Waals surface area contributed by atoms with Gasteiger partial charge in [0.05, 0.1) is 0 Å². The summed E-state index contributed by atoms with van der Waals surface area (Å²) in [5, 5.41) is 3.54. The van der Waals surface area contributed by atoms with Gasteiger partial charge in [0.2, 0.25) is 0 Å². The van der Waals surface area contributed by atoms with Crippen molar-refractivity contribution < 1.29 is 0 Å². The third kappa shape index (κ3) is 3.79. The van der Waals surface area contributed by atoms with Crippen molar-refractivity contribution in [1.29, 1.82) is 0 Å². The monoisotopic (exact) mass is 211 g/mol. The largest absolute Gasteiger partial charge is 0.317 e. The molecular weight excluding hydrogens is 182 g/mol. The van der Waals surface area contributed by atoms with E-state index < -0.39 is 0 Å². The summed E-state index contributed by atoms with van der Waals surface area (Å²) < 4.78 is 0. The lowest BCUT2D eigenvalue weighted by atomic mass is 9.69. The van der Waals surface area contributed by atoms with E-state index in [0.717, 1.165) is 30.2 Å². The van der Waals surface area contributed by atoms with E-state index in [1.54, 1.807) is 0 Å². The van der Waals surface area contributed by atoms with E-state index in [0.29, 0.717) is 0 Å². The molecule has 0 aromatic carbocycles. The third-order valence-electron chi connectivity index (χ3n) is 4.25. The summed E-state index contributed by atoms with van der Waals surface area (Å²) in [6.07, 6.45) is 5.78. The molecule has 1 N–H and O–H groups in total. The molecule has 1 aliphatic carbocycles. The fourth-order valence-electron chi connectivity index (χ4n) is 3.13. The highest BCUT2D eigenvalue weighted by Crippen LogP contribution is 2.39. The first-order chi connectivity index (χ1) is 7.19. The fourth-order valence-corrected chi connectivity index (χ4v) is 3.13. The Kier molecular flexibility index (Phi) is 5.66. The Balaban J connectivity index is 2.47. The summed E-state index contributed by atoms with van der Waals surface area (Å²) in [7, 11) is 0. The SMILES string of the molecule is CCNCC1CCC(CC)CC1C(C)C. The van der Waals surface area contributed by atoms with Gasteiger partial charge >= 0.3 is 0 Å². The Hall–Kier alpha value is -0.0400. The van der Waals surface area contributed by atoms with E-state index in [1.807, 2.05) is 0 Å².